The number of nitrogens with two attached hydrogens (primary N) is 1. The number of rotatable bonds is 20. The molecule has 11 atom stereocenters. The molecule has 4 saturated carbocycles. The van der Waals surface area contributed by atoms with Gasteiger partial charge in [-0.2, -0.15) is 8.42 Å². The van der Waals surface area contributed by atoms with Gasteiger partial charge in [0.1, 0.15) is 0 Å². The third-order valence-electron chi connectivity index (χ3n) is 13.8. The Balaban J connectivity index is 1.23. The molecule has 0 aromatic carbocycles. The van der Waals surface area contributed by atoms with Crippen molar-refractivity contribution in [3.8, 4) is 0 Å². The van der Waals surface area contributed by atoms with Gasteiger partial charge in [-0.25, -0.2) is 4.18 Å². The minimum absolute atomic E-state index is 0.0137. The first kappa shape index (κ1) is 39.5. The van der Waals surface area contributed by atoms with Crippen LogP contribution in [0.4, 0.5) is 0 Å². The Bertz CT molecular complexity index is 1050. The Morgan fingerprint density at radius 2 is 1.47 bits per heavy atom. The third-order valence-corrected chi connectivity index (χ3v) is 14.3. The van der Waals surface area contributed by atoms with Crippen molar-refractivity contribution in [1.82, 2.24) is 16.0 Å². The van der Waals surface area contributed by atoms with E-state index < -0.39 is 16.5 Å². The van der Waals surface area contributed by atoms with Crippen LogP contribution < -0.4 is 21.7 Å². The van der Waals surface area contributed by atoms with Crippen LogP contribution in [0.3, 0.4) is 0 Å². The number of hydrogen-bond acceptors (Lipinski definition) is 8. The van der Waals surface area contributed by atoms with Gasteiger partial charge in [0.25, 0.3) is 0 Å². The van der Waals surface area contributed by atoms with Crippen LogP contribution in [0.5, 0.6) is 0 Å². The first-order chi connectivity index (χ1) is 22.3. The van der Waals surface area contributed by atoms with Gasteiger partial charge in [-0.15, -0.1) is 0 Å². The van der Waals surface area contributed by atoms with Gasteiger partial charge in [0.15, 0.2) is 0 Å². The van der Waals surface area contributed by atoms with E-state index in [9.17, 15) is 18.1 Å². The number of nitrogens with one attached hydrogen (secondary N) is 3. The molecule has 4 fully saturated rings. The van der Waals surface area contributed by atoms with Crippen LogP contribution in [0, 0.1) is 52.3 Å². The third kappa shape index (κ3) is 10.1. The Morgan fingerprint density at radius 3 is 2.13 bits per heavy atom. The van der Waals surface area contributed by atoms with Gasteiger partial charge in [-0.05, 0) is 181 Å². The number of fused-ring (bicyclic) bond motifs is 5. The molecule has 4 rings (SSSR count). The summed E-state index contributed by atoms with van der Waals surface area (Å²) in [6.07, 6.45) is 15.0. The molecule has 7 N–H and O–H groups in total. The van der Waals surface area contributed by atoms with E-state index in [0.29, 0.717) is 53.4 Å². The standard InChI is InChI=1S/C37H72N4O5S/c1-26(2)34(46-47(43,44)45)13-10-27(3)30-11-12-31-35-32(15-17-37(30,31)5)36(4)16-14-29(24-28(36)25-33(35)42)41-23-9-22-40-20-7-6-19-39-21-8-18-38/h26-35,39-42H,6-25,38H2,1-5H3,(H,43,44,45)/t27-,28-,29-,30-,31+,32+,33+,34-,35+,36+,37-/m1/s1. The van der Waals surface area contributed by atoms with E-state index in [1.165, 1.54) is 57.8 Å². The minimum Gasteiger partial charge on any atom is -0.393 e. The summed E-state index contributed by atoms with van der Waals surface area (Å²) in [5.41, 5.74) is 6.08. The zero-order valence-electron chi connectivity index (χ0n) is 30.5. The Kier molecular flexibility index (Phi) is 14.9. The van der Waals surface area contributed by atoms with E-state index in [-0.39, 0.29) is 17.4 Å². The Labute approximate surface area is 288 Å². The number of aliphatic hydroxyl groups is 1. The van der Waals surface area contributed by atoms with Crippen molar-refractivity contribution >= 4 is 10.4 Å². The predicted molar refractivity (Wildman–Crippen MR) is 191 cm³/mol. The van der Waals surface area contributed by atoms with Crippen molar-refractivity contribution in [3.05, 3.63) is 0 Å². The lowest BCUT2D eigenvalue weighted by molar-refractivity contribution is -0.167. The SMILES string of the molecule is CC(C)[C@@H](CC[C@@H](C)[C@H]1CC[C@H]2[C@@H]3[C@@H](O)C[C@H]4C[C@H](NCCCNCCCCNCCCN)CC[C@]4(C)[C@H]3CC[C@]12C)OS(=O)(=O)O. The Morgan fingerprint density at radius 1 is 0.830 bits per heavy atom. The van der Waals surface area contributed by atoms with E-state index in [1.807, 2.05) is 13.8 Å². The molecule has 276 valence electrons. The Hall–Kier alpha value is -0.330. The quantitative estimate of drug-likeness (QED) is 0.0720. The van der Waals surface area contributed by atoms with Gasteiger partial charge < -0.3 is 26.8 Å². The number of hydrogen-bond donors (Lipinski definition) is 6. The van der Waals surface area contributed by atoms with E-state index >= 15 is 0 Å². The van der Waals surface area contributed by atoms with Crippen LogP contribution >= 0.6 is 0 Å². The van der Waals surface area contributed by atoms with Crippen LogP contribution in [-0.4, -0.2) is 75.6 Å². The number of unbranched alkanes of at least 4 members (excludes halogenated alkanes) is 1. The minimum atomic E-state index is -4.46. The van der Waals surface area contributed by atoms with Crippen molar-refractivity contribution < 1.29 is 22.3 Å². The molecule has 0 aromatic heterocycles. The molecule has 0 aliphatic heterocycles. The van der Waals surface area contributed by atoms with Crippen molar-refractivity contribution in [3.63, 3.8) is 0 Å². The molecule has 0 bridgehead atoms. The zero-order valence-corrected chi connectivity index (χ0v) is 31.3. The first-order valence-electron chi connectivity index (χ1n) is 19.5. The first-order valence-corrected chi connectivity index (χ1v) is 20.8. The molecule has 0 spiro atoms. The smallest absolute Gasteiger partial charge is 0.393 e. The molecule has 0 saturated heterocycles. The topological polar surface area (TPSA) is 146 Å². The molecule has 0 unspecified atom stereocenters. The maximum Gasteiger partial charge on any atom is 0.397 e. The highest BCUT2D eigenvalue weighted by molar-refractivity contribution is 7.80. The second-order valence-corrected chi connectivity index (χ2v) is 18.1. The highest BCUT2D eigenvalue weighted by atomic mass is 32.3. The van der Waals surface area contributed by atoms with Crippen LogP contribution in [0.15, 0.2) is 0 Å². The molecule has 0 aromatic rings. The summed E-state index contributed by atoms with van der Waals surface area (Å²) in [7, 11) is -4.46. The monoisotopic (exact) mass is 685 g/mol. The summed E-state index contributed by atoms with van der Waals surface area (Å²) >= 11 is 0. The summed E-state index contributed by atoms with van der Waals surface area (Å²) in [5.74, 6) is 3.20. The maximum atomic E-state index is 11.8. The van der Waals surface area contributed by atoms with Gasteiger partial charge in [0.2, 0.25) is 0 Å². The molecule has 47 heavy (non-hydrogen) atoms. The second kappa shape index (κ2) is 17.7. The van der Waals surface area contributed by atoms with Gasteiger partial charge in [-0.3, -0.25) is 4.55 Å². The highest BCUT2D eigenvalue weighted by Crippen LogP contribution is 2.68. The summed E-state index contributed by atoms with van der Waals surface area (Å²) in [4.78, 5) is 0. The van der Waals surface area contributed by atoms with Gasteiger partial charge in [0.05, 0.1) is 12.2 Å². The van der Waals surface area contributed by atoms with Gasteiger partial charge in [-0.1, -0.05) is 34.6 Å². The average molecular weight is 685 g/mol. The molecule has 0 heterocycles. The lowest BCUT2D eigenvalue weighted by atomic mass is 9.43. The van der Waals surface area contributed by atoms with Crippen LogP contribution in [0.1, 0.15) is 125 Å². The normalized spacial score (nSPS) is 36.9. The zero-order chi connectivity index (χ0) is 34.2. The summed E-state index contributed by atoms with van der Waals surface area (Å²) < 4.78 is 37.2. The van der Waals surface area contributed by atoms with E-state index in [2.05, 4.69) is 36.7 Å². The molecular formula is C37H72N4O5S. The lowest BCUT2D eigenvalue weighted by Gasteiger charge is -2.62. The van der Waals surface area contributed by atoms with Crippen molar-refractivity contribution in [2.45, 2.75) is 143 Å². The van der Waals surface area contributed by atoms with E-state index in [4.69, 9.17) is 9.92 Å². The summed E-state index contributed by atoms with van der Waals surface area (Å²) in [5, 5.41) is 22.8. The fourth-order valence-corrected chi connectivity index (χ4v) is 11.8. The van der Waals surface area contributed by atoms with Crippen molar-refractivity contribution in [2.75, 3.05) is 39.3 Å². The summed E-state index contributed by atoms with van der Waals surface area (Å²) in [6.45, 7) is 17.4. The van der Waals surface area contributed by atoms with Crippen LogP contribution in [-0.2, 0) is 14.6 Å². The van der Waals surface area contributed by atoms with E-state index in [1.54, 1.807) is 0 Å². The largest absolute Gasteiger partial charge is 0.397 e. The van der Waals surface area contributed by atoms with Gasteiger partial charge in [0, 0.05) is 6.04 Å². The predicted octanol–water partition coefficient (Wildman–Crippen LogP) is 5.53. The van der Waals surface area contributed by atoms with Gasteiger partial charge >= 0.3 is 10.4 Å². The highest BCUT2D eigenvalue weighted by Gasteiger charge is 2.62. The second-order valence-electron chi connectivity index (χ2n) is 17.0. The van der Waals surface area contributed by atoms with Crippen LogP contribution in [0.2, 0.25) is 0 Å². The number of aliphatic hydroxyl groups excluding tert-OH is 1. The molecule has 0 amide bonds. The molecule has 0 radical (unpaired) electrons. The van der Waals surface area contributed by atoms with Crippen LogP contribution in [0.25, 0.3) is 0 Å². The molecule has 4 aliphatic rings. The molecular weight excluding hydrogens is 612 g/mol. The maximum absolute atomic E-state index is 11.8. The lowest BCUT2D eigenvalue weighted by Crippen LogP contribution is -2.59. The fourth-order valence-electron chi connectivity index (χ4n) is 11.2. The van der Waals surface area contributed by atoms with Crippen molar-refractivity contribution in [1.29, 1.82) is 0 Å². The summed E-state index contributed by atoms with van der Waals surface area (Å²) in [6, 6.07) is 0.571. The molecule has 9 nitrogen and oxygen atoms in total. The molecule has 10 heteroatoms. The van der Waals surface area contributed by atoms with Crippen molar-refractivity contribution in [2.24, 2.45) is 58.0 Å². The molecule has 4 aliphatic carbocycles. The fraction of sp³-hybridized carbons (Fsp3) is 1.00. The van der Waals surface area contributed by atoms with E-state index in [0.717, 1.165) is 65.0 Å². The average Bonchev–Trinajstić information content (AvgIpc) is 3.36.